The molecule has 0 aliphatic rings. The van der Waals surface area contributed by atoms with Gasteiger partial charge < -0.3 is 4.74 Å². The van der Waals surface area contributed by atoms with Crippen molar-refractivity contribution in [2.24, 2.45) is 0 Å². The van der Waals surface area contributed by atoms with Crippen LogP contribution >= 0.6 is 15.9 Å². The van der Waals surface area contributed by atoms with Gasteiger partial charge in [-0.15, -0.1) is 0 Å². The van der Waals surface area contributed by atoms with Crippen LogP contribution in [0.5, 0.6) is 0 Å². The molecule has 20 heavy (non-hydrogen) atoms. The Hall–Kier alpha value is -0.640. The molecule has 0 saturated carbocycles. The lowest BCUT2D eigenvalue weighted by atomic mass is 10.2. The van der Waals surface area contributed by atoms with Crippen LogP contribution in [-0.4, -0.2) is 33.5 Å². The van der Waals surface area contributed by atoms with Crippen molar-refractivity contribution in [2.75, 3.05) is 20.3 Å². The van der Waals surface area contributed by atoms with E-state index < -0.39 is 26.7 Å². The number of ether oxygens (including phenoxy) is 1. The zero-order valence-electron chi connectivity index (χ0n) is 10.4. The topological polar surface area (TPSA) is 55.4 Å². The van der Waals surface area contributed by atoms with Gasteiger partial charge in [0, 0.05) is 13.7 Å². The molecule has 1 unspecified atom stereocenters. The van der Waals surface area contributed by atoms with Crippen LogP contribution in [0.3, 0.4) is 0 Å². The Bertz CT molecular complexity index is 548. The minimum Gasteiger partial charge on any atom is -0.383 e. The maximum Gasteiger partial charge on any atom is 0.416 e. The summed E-state index contributed by atoms with van der Waals surface area (Å²) in [5.41, 5.74) is -1.01. The maximum absolute atomic E-state index is 12.5. The first-order valence-electron chi connectivity index (χ1n) is 5.47. The van der Waals surface area contributed by atoms with E-state index in [0.717, 1.165) is 18.2 Å². The highest BCUT2D eigenvalue weighted by Gasteiger charge is 2.31. The molecular formula is C11H13BrF3NO3S. The van der Waals surface area contributed by atoms with E-state index in [1.807, 2.05) is 0 Å². The Morgan fingerprint density at radius 3 is 2.60 bits per heavy atom. The number of rotatable bonds is 6. The molecule has 1 rings (SSSR count). The Morgan fingerprint density at radius 1 is 1.40 bits per heavy atom. The van der Waals surface area contributed by atoms with E-state index in [0.29, 0.717) is 6.07 Å². The Labute approximate surface area is 123 Å². The summed E-state index contributed by atoms with van der Waals surface area (Å²) in [6, 6.07) is 3.58. The lowest BCUT2D eigenvalue weighted by molar-refractivity contribution is -0.137. The highest BCUT2D eigenvalue weighted by molar-refractivity contribution is 9.09. The van der Waals surface area contributed by atoms with Crippen LogP contribution in [0.15, 0.2) is 29.2 Å². The van der Waals surface area contributed by atoms with Gasteiger partial charge in [-0.2, -0.15) is 13.2 Å². The van der Waals surface area contributed by atoms with Gasteiger partial charge in [-0.1, -0.05) is 22.0 Å². The number of methoxy groups -OCH3 is 1. The molecular weight excluding hydrogens is 363 g/mol. The number of benzene rings is 1. The highest BCUT2D eigenvalue weighted by atomic mass is 79.9. The summed E-state index contributed by atoms with van der Waals surface area (Å²) in [5, 5.41) is 0. The van der Waals surface area contributed by atoms with Crippen LogP contribution in [0.4, 0.5) is 13.2 Å². The maximum atomic E-state index is 12.5. The number of sulfonamides is 1. The second-order valence-electron chi connectivity index (χ2n) is 3.93. The monoisotopic (exact) mass is 375 g/mol. The summed E-state index contributed by atoms with van der Waals surface area (Å²) in [4.78, 5) is -0.697. The molecule has 0 spiro atoms. The average Bonchev–Trinajstić information content (AvgIpc) is 2.36. The molecule has 9 heteroatoms. The van der Waals surface area contributed by atoms with E-state index in [4.69, 9.17) is 4.74 Å². The molecule has 0 saturated heterocycles. The quantitative estimate of drug-likeness (QED) is 0.776. The first-order valence-corrected chi connectivity index (χ1v) is 7.86. The van der Waals surface area contributed by atoms with Crippen molar-refractivity contribution >= 4 is 26.0 Å². The third-order valence-electron chi connectivity index (χ3n) is 2.31. The molecule has 0 radical (unpaired) electrons. The summed E-state index contributed by atoms with van der Waals surface area (Å²) >= 11 is 3.18. The first-order chi connectivity index (χ1) is 9.16. The first kappa shape index (κ1) is 17.4. The Morgan fingerprint density at radius 2 is 2.05 bits per heavy atom. The zero-order valence-corrected chi connectivity index (χ0v) is 12.8. The molecule has 1 atom stereocenters. The predicted octanol–water partition coefficient (Wildman–Crippen LogP) is 2.39. The number of halogens is 4. The van der Waals surface area contributed by atoms with Crippen molar-refractivity contribution in [3.05, 3.63) is 29.8 Å². The zero-order chi connectivity index (χ0) is 15.4. The smallest absolute Gasteiger partial charge is 0.383 e. The van der Waals surface area contributed by atoms with Gasteiger partial charge in [0.15, 0.2) is 0 Å². The van der Waals surface area contributed by atoms with Gasteiger partial charge in [0.25, 0.3) is 0 Å². The summed E-state index contributed by atoms with van der Waals surface area (Å²) in [7, 11) is -2.54. The molecule has 0 bridgehead atoms. The van der Waals surface area contributed by atoms with Crippen LogP contribution in [0.1, 0.15) is 5.56 Å². The summed E-state index contributed by atoms with van der Waals surface area (Å²) < 4.78 is 68.4. The van der Waals surface area contributed by atoms with Crippen molar-refractivity contribution in [1.29, 1.82) is 0 Å². The molecule has 4 nitrogen and oxygen atoms in total. The molecule has 0 fully saturated rings. The third kappa shape index (κ3) is 5.04. The molecule has 114 valence electrons. The molecule has 0 aliphatic heterocycles. The van der Waals surface area contributed by atoms with Crippen LogP contribution in [0, 0.1) is 0 Å². The van der Waals surface area contributed by atoms with Gasteiger partial charge >= 0.3 is 6.18 Å². The molecule has 0 aliphatic carbocycles. The van der Waals surface area contributed by atoms with Gasteiger partial charge in [0.1, 0.15) is 0 Å². The van der Waals surface area contributed by atoms with E-state index >= 15 is 0 Å². The van der Waals surface area contributed by atoms with Crippen molar-refractivity contribution < 1.29 is 26.3 Å². The lowest BCUT2D eigenvalue weighted by Crippen LogP contribution is -2.31. The van der Waals surface area contributed by atoms with Crippen molar-refractivity contribution in [3.63, 3.8) is 0 Å². The van der Waals surface area contributed by atoms with Gasteiger partial charge in [-0.3, -0.25) is 0 Å². The summed E-state index contributed by atoms with van der Waals surface area (Å²) in [6.07, 6.45) is -4.58. The molecule has 1 N–H and O–H groups in total. The fraction of sp³-hybridized carbons (Fsp3) is 0.455. The molecule has 0 amide bonds. The molecule has 0 aromatic heterocycles. The van der Waals surface area contributed by atoms with E-state index in [2.05, 4.69) is 20.7 Å². The molecule has 1 aromatic carbocycles. The van der Waals surface area contributed by atoms with Crippen LogP contribution < -0.4 is 4.72 Å². The second kappa shape index (κ2) is 6.88. The van der Waals surface area contributed by atoms with Crippen LogP contribution in [-0.2, 0) is 20.9 Å². The van der Waals surface area contributed by atoms with E-state index in [1.54, 1.807) is 0 Å². The van der Waals surface area contributed by atoms with Crippen molar-refractivity contribution in [3.8, 4) is 0 Å². The Kier molecular flexibility index (Phi) is 5.99. The fourth-order valence-corrected chi connectivity index (χ4v) is 3.13. The Balaban J connectivity index is 2.88. The lowest BCUT2D eigenvalue weighted by Gasteiger charge is -2.12. The minimum atomic E-state index is -4.58. The summed E-state index contributed by atoms with van der Waals surface area (Å²) in [6.45, 7) is 0.275. The van der Waals surface area contributed by atoms with Gasteiger partial charge in [0.2, 0.25) is 10.0 Å². The van der Waals surface area contributed by atoms with Gasteiger partial charge in [0.05, 0.1) is 21.9 Å². The fourth-order valence-electron chi connectivity index (χ4n) is 1.36. The van der Waals surface area contributed by atoms with Crippen LogP contribution in [0.25, 0.3) is 0 Å². The second-order valence-corrected chi connectivity index (χ2v) is 6.99. The van der Waals surface area contributed by atoms with Gasteiger partial charge in [-0.25, -0.2) is 13.1 Å². The van der Waals surface area contributed by atoms with E-state index in [1.165, 1.54) is 7.11 Å². The largest absolute Gasteiger partial charge is 0.416 e. The van der Waals surface area contributed by atoms with Crippen molar-refractivity contribution in [1.82, 2.24) is 4.72 Å². The number of hydrogen-bond acceptors (Lipinski definition) is 3. The van der Waals surface area contributed by atoms with Crippen LogP contribution in [0.2, 0.25) is 0 Å². The number of nitrogens with one attached hydrogen (secondary N) is 1. The van der Waals surface area contributed by atoms with E-state index in [-0.39, 0.29) is 18.0 Å². The molecule has 1 aromatic rings. The SMILES string of the molecule is COCC(Br)CNS(=O)(=O)c1cccc(C(F)(F)F)c1. The predicted molar refractivity (Wildman–Crippen MR) is 71.2 cm³/mol. The number of alkyl halides is 4. The minimum absolute atomic E-state index is 0.00637. The number of hydrogen-bond donors (Lipinski definition) is 1. The standard InChI is InChI=1S/C11H13BrF3NO3S/c1-19-7-9(12)6-16-20(17,18)10-4-2-3-8(5-10)11(13,14)15/h2-5,9,16H,6-7H2,1H3. The molecule has 0 heterocycles. The third-order valence-corrected chi connectivity index (χ3v) is 4.32. The summed E-state index contributed by atoms with van der Waals surface area (Å²) in [5.74, 6) is 0. The highest BCUT2D eigenvalue weighted by Crippen LogP contribution is 2.30. The average molecular weight is 376 g/mol. The normalized spacial score (nSPS) is 14.2. The van der Waals surface area contributed by atoms with Crippen molar-refractivity contribution in [2.45, 2.75) is 15.9 Å². The van der Waals surface area contributed by atoms with E-state index in [9.17, 15) is 21.6 Å². The van der Waals surface area contributed by atoms with Gasteiger partial charge in [-0.05, 0) is 18.2 Å².